The maximum absolute atomic E-state index is 13.1. The topological polar surface area (TPSA) is 114 Å². The van der Waals surface area contributed by atoms with E-state index in [1.54, 1.807) is 0 Å². The van der Waals surface area contributed by atoms with Gasteiger partial charge in [0, 0.05) is 5.69 Å². The van der Waals surface area contributed by atoms with Crippen LogP contribution >= 0.6 is 12.8 Å². The third-order valence-corrected chi connectivity index (χ3v) is 5.33. The highest BCUT2D eigenvalue weighted by molar-refractivity contribution is 7.78. The van der Waals surface area contributed by atoms with Gasteiger partial charge in [-0.25, -0.2) is 4.79 Å². The number of nitrogens with zero attached hydrogens (tertiary/aromatic N) is 2. The lowest BCUT2D eigenvalue weighted by Crippen LogP contribution is -2.45. The van der Waals surface area contributed by atoms with Crippen molar-refractivity contribution in [1.82, 2.24) is 4.31 Å². The summed E-state index contributed by atoms with van der Waals surface area (Å²) in [7, 11) is 1.39. The minimum absolute atomic E-state index is 0.0293. The van der Waals surface area contributed by atoms with Crippen molar-refractivity contribution in [3.63, 3.8) is 0 Å². The van der Waals surface area contributed by atoms with E-state index in [-0.39, 0.29) is 23.0 Å². The fourth-order valence-electron chi connectivity index (χ4n) is 3.19. The van der Waals surface area contributed by atoms with Crippen LogP contribution in [0.15, 0.2) is 36.4 Å². The van der Waals surface area contributed by atoms with E-state index < -0.39 is 22.9 Å². The molecule has 0 aliphatic carbocycles. The first-order chi connectivity index (χ1) is 15.0. The zero-order valence-corrected chi connectivity index (χ0v) is 19.6. The number of methoxy groups -OCH3 is 1. The Morgan fingerprint density at radius 2 is 1.78 bits per heavy atom. The quantitative estimate of drug-likeness (QED) is 0.293. The third-order valence-electron chi connectivity index (χ3n) is 4.87. The molecule has 0 saturated heterocycles. The molecule has 2 aromatic rings. The van der Waals surface area contributed by atoms with Crippen LogP contribution in [0.4, 0.5) is 21.9 Å². The molecule has 0 bridgehead atoms. The number of hydrogen-bond acceptors (Lipinski definition) is 6. The summed E-state index contributed by atoms with van der Waals surface area (Å²) in [5, 5.41) is 16.8. The van der Waals surface area contributed by atoms with Crippen LogP contribution in [0.3, 0.4) is 0 Å². The number of thiol groups is 1. The predicted octanol–water partition coefficient (Wildman–Crippen LogP) is 4.95. The van der Waals surface area contributed by atoms with E-state index in [4.69, 9.17) is 4.74 Å². The van der Waals surface area contributed by atoms with E-state index in [1.165, 1.54) is 25.3 Å². The standard InChI is InChI=1S/C22H28N4O5S/c1-13(2)11-19(21(27)24-20-14(3)7-6-8-15(20)4)25(32)22(28)23-17-10-9-16(31-5)12-18(17)26(29)30/h6-10,12-13,19,32H,11H2,1-5H3,(H,23,28)(H,24,27)/t19-/m1/s1. The van der Waals surface area contributed by atoms with Gasteiger partial charge in [-0.2, -0.15) is 0 Å². The summed E-state index contributed by atoms with van der Waals surface area (Å²) in [5.74, 6) is -0.0324. The van der Waals surface area contributed by atoms with Crippen LogP contribution in [0.5, 0.6) is 5.75 Å². The smallest absolute Gasteiger partial charge is 0.332 e. The van der Waals surface area contributed by atoms with Gasteiger partial charge in [0.2, 0.25) is 5.91 Å². The Morgan fingerprint density at radius 3 is 2.31 bits per heavy atom. The molecular formula is C22H28N4O5S. The van der Waals surface area contributed by atoms with Gasteiger partial charge in [-0.3, -0.25) is 19.2 Å². The molecule has 0 radical (unpaired) electrons. The number of nitro benzene ring substituents is 1. The van der Waals surface area contributed by atoms with Crippen molar-refractivity contribution in [1.29, 1.82) is 0 Å². The first-order valence-electron chi connectivity index (χ1n) is 10.0. The second-order valence-electron chi connectivity index (χ2n) is 7.82. The fourth-order valence-corrected chi connectivity index (χ4v) is 3.44. The second-order valence-corrected chi connectivity index (χ2v) is 8.25. The molecular weight excluding hydrogens is 432 g/mol. The largest absolute Gasteiger partial charge is 0.496 e. The molecule has 0 spiro atoms. The summed E-state index contributed by atoms with van der Waals surface area (Å²) in [4.78, 5) is 36.7. The molecule has 0 aliphatic heterocycles. The van der Waals surface area contributed by atoms with Crippen LogP contribution in [0, 0.1) is 29.9 Å². The average molecular weight is 461 g/mol. The molecule has 0 heterocycles. The van der Waals surface area contributed by atoms with E-state index in [0.29, 0.717) is 12.1 Å². The van der Waals surface area contributed by atoms with Crippen molar-refractivity contribution in [3.8, 4) is 5.75 Å². The van der Waals surface area contributed by atoms with Crippen LogP contribution in [0.1, 0.15) is 31.4 Å². The zero-order valence-electron chi connectivity index (χ0n) is 18.7. The molecule has 2 aromatic carbocycles. The summed E-state index contributed by atoms with van der Waals surface area (Å²) in [6, 6.07) is 8.06. The van der Waals surface area contributed by atoms with Gasteiger partial charge < -0.3 is 15.4 Å². The number of para-hydroxylation sites is 1. The number of nitrogens with one attached hydrogen (secondary N) is 2. The molecule has 0 aliphatic rings. The summed E-state index contributed by atoms with van der Waals surface area (Å²) in [5.41, 5.74) is 2.11. The molecule has 10 heteroatoms. The maximum Gasteiger partial charge on any atom is 0.332 e. The van der Waals surface area contributed by atoms with Crippen molar-refractivity contribution < 1.29 is 19.2 Å². The number of rotatable bonds is 8. The van der Waals surface area contributed by atoms with Crippen LogP contribution in [-0.2, 0) is 4.79 Å². The molecule has 0 fully saturated rings. The highest BCUT2D eigenvalue weighted by Gasteiger charge is 2.30. The van der Waals surface area contributed by atoms with Crippen molar-refractivity contribution in [2.24, 2.45) is 5.92 Å². The Labute approximate surface area is 192 Å². The van der Waals surface area contributed by atoms with Gasteiger partial charge in [0.25, 0.3) is 5.69 Å². The number of anilines is 2. The van der Waals surface area contributed by atoms with Crippen LogP contribution < -0.4 is 15.4 Å². The van der Waals surface area contributed by atoms with Gasteiger partial charge in [-0.05, 0) is 49.4 Å². The van der Waals surface area contributed by atoms with Gasteiger partial charge in [0.05, 0.1) is 18.1 Å². The monoisotopic (exact) mass is 460 g/mol. The van der Waals surface area contributed by atoms with E-state index in [2.05, 4.69) is 23.4 Å². The number of aryl methyl sites for hydroxylation is 2. The summed E-state index contributed by atoms with van der Waals surface area (Å²) in [6.45, 7) is 7.61. The second kappa shape index (κ2) is 10.9. The lowest BCUT2D eigenvalue weighted by Gasteiger charge is -2.28. The van der Waals surface area contributed by atoms with E-state index >= 15 is 0 Å². The first kappa shape index (κ1) is 25.0. The minimum Gasteiger partial charge on any atom is -0.496 e. The number of ether oxygens (including phenoxy) is 1. The Balaban J connectivity index is 2.27. The molecule has 32 heavy (non-hydrogen) atoms. The van der Waals surface area contributed by atoms with Gasteiger partial charge in [0.15, 0.2) is 0 Å². The number of urea groups is 1. The number of benzene rings is 2. The molecule has 0 saturated carbocycles. The Morgan fingerprint density at radius 1 is 1.16 bits per heavy atom. The molecule has 172 valence electrons. The Bertz CT molecular complexity index is 992. The zero-order chi connectivity index (χ0) is 24.0. The number of amides is 3. The van der Waals surface area contributed by atoms with Crippen molar-refractivity contribution in [2.45, 2.75) is 40.2 Å². The predicted molar refractivity (Wildman–Crippen MR) is 127 cm³/mol. The Hall–Kier alpha value is -3.27. The van der Waals surface area contributed by atoms with E-state index in [9.17, 15) is 19.7 Å². The molecule has 2 N–H and O–H groups in total. The number of hydrogen-bond donors (Lipinski definition) is 3. The summed E-state index contributed by atoms with van der Waals surface area (Å²) >= 11 is 4.27. The number of nitro groups is 1. The molecule has 0 unspecified atom stereocenters. The minimum atomic E-state index is -0.908. The molecule has 3 amide bonds. The van der Waals surface area contributed by atoms with Crippen LogP contribution in [0.25, 0.3) is 0 Å². The van der Waals surface area contributed by atoms with Gasteiger partial charge in [-0.15, -0.1) is 0 Å². The SMILES string of the molecule is COc1ccc(NC(=O)N(S)[C@H](CC(C)C)C(=O)Nc2c(C)cccc2C)c([N+](=O)[O-])c1. The normalized spacial score (nSPS) is 11.6. The highest BCUT2D eigenvalue weighted by atomic mass is 32.1. The van der Waals surface area contributed by atoms with Crippen LogP contribution in [-0.4, -0.2) is 34.3 Å². The van der Waals surface area contributed by atoms with Crippen molar-refractivity contribution >= 4 is 41.8 Å². The van der Waals surface area contributed by atoms with Crippen molar-refractivity contribution in [3.05, 3.63) is 57.6 Å². The van der Waals surface area contributed by atoms with Crippen molar-refractivity contribution in [2.75, 3.05) is 17.7 Å². The van der Waals surface area contributed by atoms with Gasteiger partial charge >= 0.3 is 6.03 Å². The number of carbonyl (C=O) groups is 2. The van der Waals surface area contributed by atoms with E-state index in [1.807, 2.05) is 45.9 Å². The van der Waals surface area contributed by atoms with Gasteiger partial charge in [-0.1, -0.05) is 44.9 Å². The third kappa shape index (κ3) is 6.13. The first-order valence-corrected chi connectivity index (χ1v) is 10.4. The highest BCUT2D eigenvalue weighted by Crippen LogP contribution is 2.30. The molecule has 1 atom stereocenters. The summed E-state index contributed by atoms with van der Waals surface area (Å²) < 4.78 is 5.98. The van der Waals surface area contributed by atoms with Gasteiger partial charge in [0.1, 0.15) is 17.5 Å². The molecule has 9 nitrogen and oxygen atoms in total. The number of carbonyl (C=O) groups excluding carboxylic acids is 2. The molecule has 0 aromatic heterocycles. The lowest BCUT2D eigenvalue weighted by molar-refractivity contribution is -0.384. The Kier molecular flexibility index (Phi) is 8.48. The maximum atomic E-state index is 13.1. The average Bonchev–Trinajstić information content (AvgIpc) is 2.74. The fraction of sp³-hybridized carbons (Fsp3) is 0.364. The summed E-state index contributed by atoms with van der Waals surface area (Å²) in [6.07, 6.45) is 0.346. The molecule has 2 rings (SSSR count). The van der Waals surface area contributed by atoms with Crippen LogP contribution in [0.2, 0.25) is 0 Å². The van der Waals surface area contributed by atoms with E-state index in [0.717, 1.165) is 15.4 Å². The lowest BCUT2D eigenvalue weighted by atomic mass is 10.0.